The predicted octanol–water partition coefficient (Wildman–Crippen LogP) is 6.64. The number of unbranched alkanes of at least 4 members (excludes halogenated alkanes) is 10. The van der Waals surface area contributed by atoms with Gasteiger partial charge >= 0.3 is 0 Å². The summed E-state index contributed by atoms with van der Waals surface area (Å²) in [5, 5.41) is 0. The van der Waals surface area contributed by atoms with Crippen LogP contribution >= 0.6 is 0 Å². The van der Waals surface area contributed by atoms with Crippen LogP contribution in [0, 0.1) is 0 Å². The average molecular weight is 257 g/mol. The first-order chi connectivity index (χ1) is 8.06. The lowest BCUT2D eigenvalue weighted by atomic mass is 10.1. The summed E-state index contributed by atoms with van der Waals surface area (Å²) in [6.45, 7) is 9.76. The van der Waals surface area contributed by atoms with E-state index in [1.807, 2.05) is 0 Å². The summed E-state index contributed by atoms with van der Waals surface area (Å²) >= 11 is 0. The molecule has 1 heteroatoms. The zero-order chi connectivity index (χ0) is 13.0. The van der Waals surface area contributed by atoms with Gasteiger partial charge in [0.25, 0.3) is 0 Å². The van der Waals surface area contributed by atoms with Crippen molar-refractivity contribution in [2.75, 3.05) is 0 Å². The first-order valence-electron chi connectivity index (χ1n) is 8.06. The molecule has 0 aliphatic rings. The molecule has 17 heavy (non-hydrogen) atoms. The Kier molecular flexibility index (Phi) is 11.5. The van der Waals surface area contributed by atoms with Gasteiger partial charge in [0.1, 0.15) is 0 Å². The zero-order valence-electron chi connectivity index (χ0n) is 13.0. The van der Waals surface area contributed by atoms with Gasteiger partial charge in [-0.3, -0.25) is 0 Å². The molecule has 0 spiro atoms. The van der Waals surface area contributed by atoms with Crippen molar-refractivity contribution in [3.05, 3.63) is 0 Å². The first kappa shape index (κ1) is 17.2. The average Bonchev–Trinajstić information content (AvgIpc) is 2.24. The molecule has 0 saturated heterocycles. The van der Waals surface area contributed by atoms with Gasteiger partial charge < -0.3 is 0 Å². The monoisotopic (exact) mass is 256 g/mol. The lowest BCUT2D eigenvalue weighted by Crippen LogP contribution is -2.18. The van der Waals surface area contributed by atoms with E-state index in [-0.39, 0.29) is 0 Å². The minimum absolute atomic E-state index is 0.751. The second-order valence-corrected chi connectivity index (χ2v) is 12.5. The summed E-state index contributed by atoms with van der Waals surface area (Å²) in [6.07, 6.45) is 16.2. The Bertz CT molecular complexity index is 146. The number of rotatable bonds is 12. The van der Waals surface area contributed by atoms with Gasteiger partial charge in [0.15, 0.2) is 0 Å². The van der Waals surface area contributed by atoms with E-state index in [0.717, 1.165) is 0 Å². The lowest BCUT2D eigenvalue weighted by Gasteiger charge is -2.14. The van der Waals surface area contributed by atoms with E-state index in [1.54, 1.807) is 0 Å². The highest BCUT2D eigenvalue weighted by molar-refractivity contribution is 6.76. The van der Waals surface area contributed by atoms with Crippen molar-refractivity contribution in [3.63, 3.8) is 0 Å². The van der Waals surface area contributed by atoms with Crippen LogP contribution in [0.4, 0.5) is 0 Å². The van der Waals surface area contributed by atoms with E-state index in [0.29, 0.717) is 0 Å². The smallest absolute Gasteiger partial charge is 0.0442 e. The van der Waals surface area contributed by atoms with E-state index >= 15 is 0 Å². The van der Waals surface area contributed by atoms with Crippen molar-refractivity contribution >= 4 is 8.07 Å². The topological polar surface area (TPSA) is 0 Å². The Labute approximate surface area is 112 Å². The molecule has 0 aromatic rings. The Hall–Kier alpha value is 0.217. The van der Waals surface area contributed by atoms with Crippen molar-refractivity contribution in [1.82, 2.24) is 0 Å². The van der Waals surface area contributed by atoms with Gasteiger partial charge in [-0.1, -0.05) is 103 Å². The van der Waals surface area contributed by atoms with Crippen molar-refractivity contribution < 1.29 is 0 Å². The van der Waals surface area contributed by atoms with Crippen molar-refractivity contribution in [3.8, 4) is 0 Å². The molecule has 0 N–H and O–H groups in total. The van der Waals surface area contributed by atoms with Crippen molar-refractivity contribution in [2.45, 2.75) is 103 Å². The lowest BCUT2D eigenvalue weighted by molar-refractivity contribution is 0.554. The molecule has 104 valence electrons. The summed E-state index contributed by atoms with van der Waals surface area (Å²) in [5.74, 6) is 0. The highest BCUT2D eigenvalue weighted by Gasteiger charge is 2.11. The van der Waals surface area contributed by atoms with Crippen LogP contribution in [0.5, 0.6) is 0 Å². The van der Waals surface area contributed by atoms with E-state index in [2.05, 4.69) is 26.6 Å². The van der Waals surface area contributed by atoms with Crippen LogP contribution in [0.3, 0.4) is 0 Å². The molecule has 0 aromatic carbocycles. The van der Waals surface area contributed by atoms with Crippen LogP contribution in [0.1, 0.15) is 77.6 Å². The van der Waals surface area contributed by atoms with Crippen LogP contribution in [0.25, 0.3) is 0 Å². The maximum Gasteiger partial charge on any atom is 0.0442 e. The SMILES string of the molecule is CCCCCCCCCCCCC[Si](C)(C)C. The van der Waals surface area contributed by atoms with Gasteiger partial charge in [0, 0.05) is 8.07 Å². The van der Waals surface area contributed by atoms with Crippen LogP contribution in [-0.2, 0) is 0 Å². The first-order valence-corrected chi connectivity index (χ1v) is 11.8. The molecule has 0 radical (unpaired) electrons. The summed E-state index contributed by atoms with van der Waals surface area (Å²) in [7, 11) is -0.751. The fourth-order valence-corrected chi connectivity index (χ4v) is 3.63. The molecule has 0 bridgehead atoms. The van der Waals surface area contributed by atoms with Gasteiger partial charge in [-0.15, -0.1) is 0 Å². The summed E-state index contributed by atoms with van der Waals surface area (Å²) in [5.41, 5.74) is 0. The minimum Gasteiger partial charge on any atom is -0.0695 e. The maximum atomic E-state index is 2.49. The normalized spacial score (nSPS) is 12.0. The zero-order valence-corrected chi connectivity index (χ0v) is 14.0. The predicted molar refractivity (Wildman–Crippen MR) is 84.6 cm³/mol. The van der Waals surface area contributed by atoms with Gasteiger partial charge in [0.2, 0.25) is 0 Å². The highest BCUT2D eigenvalue weighted by atomic mass is 28.3. The molecular formula is C16H36Si. The van der Waals surface area contributed by atoms with Gasteiger partial charge in [-0.05, 0) is 0 Å². The third-order valence-corrected chi connectivity index (χ3v) is 5.38. The molecular weight excluding hydrogens is 220 g/mol. The Morgan fingerprint density at radius 2 is 0.882 bits per heavy atom. The van der Waals surface area contributed by atoms with Gasteiger partial charge in [0.05, 0.1) is 0 Å². The third-order valence-electron chi connectivity index (χ3n) is 3.53. The van der Waals surface area contributed by atoms with Gasteiger partial charge in [-0.25, -0.2) is 0 Å². The molecule has 0 heterocycles. The quantitative estimate of drug-likeness (QED) is 0.271. The summed E-state index contributed by atoms with van der Waals surface area (Å²) < 4.78 is 0. The molecule has 0 amide bonds. The molecule has 0 nitrogen and oxygen atoms in total. The van der Waals surface area contributed by atoms with E-state index < -0.39 is 8.07 Å². The molecule has 0 rings (SSSR count). The van der Waals surface area contributed by atoms with Crippen molar-refractivity contribution in [2.24, 2.45) is 0 Å². The molecule has 0 atom stereocenters. The summed E-state index contributed by atoms with van der Waals surface area (Å²) in [4.78, 5) is 0. The minimum atomic E-state index is -0.751. The molecule has 0 fully saturated rings. The van der Waals surface area contributed by atoms with E-state index in [9.17, 15) is 0 Å². The molecule has 0 saturated carbocycles. The Balaban J connectivity index is 2.99. The fourth-order valence-electron chi connectivity index (χ4n) is 2.32. The number of hydrogen-bond donors (Lipinski definition) is 0. The molecule has 0 aliphatic carbocycles. The van der Waals surface area contributed by atoms with Crippen LogP contribution < -0.4 is 0 Å². The standard InChI is InChI=1S/C16H36Si/c1-5-6-7-8-9-10-11-12-13-14-15-16-17(2,3)4/h5-16H2,1-4H3. The molecule has 0 aromatic heterocycles. The second-order valence-electron chi connectivity index (χ2n) is 6.85. The number of hydrogen-bond acceptors (Lipinski definition) is 0. The largest absolute Gasteiger partial charge is 0.0695 e. The second kappa shape index (κ2) is 11.3. The van der Waals surface area contributed by atoms with Crippen LogP contribution in [0.15, 0.2) is 0 Å². The summed E-state index contributed by atoms with van der Waals surface area (Å²) in [6, 6.07) is 1.53. The van der Waals surface area contributed by atoms with Crippen molar-refractivity contribution in [1.29, 1.82) is 0 Å². The molecule has 0 aliphatic heterocycles. The Morgan fingerprint density at radius 3 is 1.24 bits per heavy atom. The van der Waals surface area contributed by atoms with Crippen LogP contribution in [-0.4, -0.2) is 8.07 Å². The van der Waals surface area contributed by atoms with E-state index in [4.69, 9.17) is 0 Å². The Morgan fingerprint density at radius 1 is 0.529 bits per heavy atom. The van der Waals surface area contributed by atoms with E-state index in [1.165, 1.54) is 76.7 Å². The fraction of sp³-hybridized carbons (Fsp3) is 1.00. The third kappa shape index (κ3) is 16.2. The van der Waals surface area contributed by atoms with Crippen LogP contribution in [0.2, 0.25) is 25.7 Å². The molecule has 0 unspecified atom stereocenters. The maximum absolute atomic E-state index is 2.49. The highest BCUT2D eigenvalue weighted by Crippen LogP contribution is 2.16. The van der Waals surface area contributed by atoms with Gasteiger partial charge in [-0.2, -0.15) is 0 Å².